The summed E-state index contributed by atoms with van der Waals surface area (Å²) in [5.41, 5.74) is 3.43. The van der Waals surface area contributed by atoms with Crippen molar-refractivity contribution in [3.05, 3.63) is 28.8 Å². The Kier molecular flexibility index (Phi) is 4.34. The highest BCUT2D eigenvalue weighted by Crippen LogP contribution is 2.19. The second kappa shape index (κ2) is 6.00. The predicted molar refractivity (Wildman–Crippen MR) is 78.3 cm³/mol. The number of ether oxygens (including phenoxy) is 1. The molecule has 0 spiro atoms. The number of aryl methyl sites for hydroxylation is 1. The zero-order valence-corrected chi connectivity index (χ0v) is 12.7. The Bertz CT molecular complexity index is 606. The molecule has 0 atom stereocenters. The van der Waals surface area contributed by atoms with Gasteiger partial charge in [0.05, 0.1) is 5.69 Å². The molecule has 0 bridgehead atoms. The van der Waals surface area contributed by atoms with Crippen molar-refractivity contribution in [3.63, 3.8) is 0 Å². The van der Waals surface area contributed by atoms with E-state index in [9.17, 15) is 0 Å². The van der Waals surface area contributed by atoms with E-state index in [1.165, 1.54) is 5.56 Å². The summed E-state index contributed by atoms with van der Waals surface area (Å²) in [5, 5.41) is 7.63. The summed E-state index contributed by atoms with van der Waals surface area (Å²) in [7, 11) is 3.47. The van der Waals surface area contributed by atoms with E-state index in [4.69, 9.17) is 4.74 Å². The molecule has 2 aromatic rings. The second-order valence-corrected chi connectivity index (χ2v) is 4.63. The number of methoxy groups -OCH3 is 1. The van der Waals surface area contributed by atoms with Crippen molar-refractivity contribution in [2.45, 2.75) is 33.8 Å². The molecule has 0 fully saturated rings. The van der Waals surface area contributed by atoms with Gasteiger partial charge in [0.15, 0.2) is 11.6 Å². The van der Waals surface area contributed by atoms with Crippen LogP contribution in [0.5, 0.6) is 0 Å². The van der Waals surface area contributed by atoms with Gasteiger partial charge in [-0.15, -0.1) is 0 Å². The quantitative estimate of drug-likeness (QED) is 0.904. The molecule has 0 radical (unpaired) electrons. The molecule has 6 nitrogen and oxygen atoms in total. The fourth-order valence-electron chi connectivity index (χ4n) is 2.32. The minimum atomic E-state index is 0.377. The number of hydrogen-bond donors (Lipinski definition) is 1. The van der Waals surface area contributed by atoms with Crippen molar-refractivity contribution in [2.75, 3.05) is 19.5 Å². The molecular formula is C14H21N5O. The molecule has 2 aromatic heterocycles. The van der Waals surface area contributed by atoms with Crippen LogP contribution in [-0.2, 0) is 17.8 Å². The summed E-state index contributed by atoms with van der Waals surface area (Å²) < 4.78 is 6.99. The van der Waals surface area contributed by atoms with Gasteiger partial charge in [-0.2, -0.15) is 5.10 Å². The first-order valence-electron chi connectivity index (χ1n) is 6.70. The number of nitrogens with zero attached hydrogens (tertiary/aromatic N) is 4. The Morgan fingerprint density at radius 1 is 1.30 bits per heavy atom. The first kappa shape index (κ1) is 14.5. The van der Waals surface area contributed by atoms with Gasteiger partial charge in [0, 0.05) is 25.9 Å². The lowest BCUT2D eigenvalue weighted by molar-refractivity contribution is 0.178. The van der Waals surface area contributed by atoms with E-state index in [2.05, 4.69) is 34.2 Å². The number of hydrogen-bond acceptors (Lipinski definition) is 5. The average molecular weight is 275 g/mol. The summed E-state index contributed by atoms with van der Waals surface area (Å²) in [6.07, 6.45) is 0.965. The maximum Gasteiger partial charge on any atom is 0.159 e. The van der Waals surface area contributed by atoms with E-state index in [0.717, 1.165) is 29.4 Å². The molecule has 0 aliphatic heterocycles. The van der Waals surface area contributed by atoms with Crippen LogP contribution in [0.25, 0.3) is 5.82 Å². The molecular weight excluding hydrogens is 254 g/mol. The third kappa shape index (κ3) is 2.65. The summed E-state index contributed by atoms with van der Waals surface area (Å²) in [6.45, 7) is 6.60. The molecule has 20 heavy (non-hydrogen) atoms. The Morgan fingerprint density at radius 3 is 2.60 bits per heavy atom. The van der Waals surface area contributed by atoms with Gasteiger partial charge in [0.2, 0.25) is 0 Å². The highest BCUT2D eigenvalue weighted by Gasteiger charge is 2.13. The highest BCUT2D eigenvalue weighted by atomic mass is 16.5. The van der Waals surface area contributed by atoms with E-state index in [1.807, 2.05) is 24.7 Å². The van der Waals surface area contributed by atoms with Crippen LogP contribution in [0.2, 0.25) is 0 Å². The maximum atomic E-state index is 5.12. The van der Waals surface area contributed by atoms with Gasteiger partial charge >= 0.3 is 0 Å². The van der Waals surface area contributed by atoms with E-state index in [0.29, 0.717) is 12.4 Å². The summed E-state index contributed by atoms with van der Waals surface area (Å²) in [5.74, 6) is 2.16. The van der Waals surface area contributed by atoms with Crippen LogP contribution in [-0.4, -0.2) is 33.9 Å². The van der Waals surface area contributed by atoms with Crippen molar-refractivity contribution in [1.82, 2.24) is 19.7 Å². The van der Waals surface area contributed by atoms with Gasteiger partial charge in [0.25, 0.3) is 0 Å². The molecule has 0 saturated heterocycles. The van der Waals surface area contributed by atoms with Crippen LogP contribution in [0, 0.1) is 13.8 Å². The van der Waals surface area contributed by atoms with Gasteiger partial charge in [0.1, 0.15) is 12.4 Å². The summed E-state index contributed by atoms with van der Waals surface area (Å²) >= 11 is 0. The SMILES string of the molecule is CCc1c(C)nn(-c2cc(NC)nc(COC)n2)c1C. The Balaban J connectivity index is 2.54. The van der Waals surface area contributed by atoms with Crippen LogP contribution in [0.1, 0.15) is 29.7 Å². The van der Waals surface area contributed by atoms with Gasteiger partial charge in [-0.3, -0.25) is 0 Å². The van der Waals surface area contributed by atoms with Crippen LogP contribution < -0.4 is 5.32 Å². The highest BCUT2D eigenvalue weighted by molar-refractivity contribution is 5.42. The summed E-state index contributed by atoms with van der Waals surface area (Å²) in [6, 6.07) is 1.89. The van der Waals surface area contributed by atoms with Crippen molar-refractivity contribution in [3.8, 4) is 5.82 Å². The minimum Gasteiger partial charge on any atom is -0.377 e. The van der Waals surface area contributed by atoms with E-state index in [1.54, 1.807) is 7.11 Å². The van der Waals surface area contributed by atoms with Gasteiger partial charge in [-0.1, -0.05) is 6.92 Å². The van der Waals surface area contributed by atoms with Gasteiger partial charge < -0.3 is 10.1 Å². The molecule has 6 heteroatoms. The minimum absolute atomic E-state index is 0.377. The number of aromatic nitrogens is 4. The smallest absolute Gasteiger partial charge is 0.159 e. The molecule has 2 heterocycles. The first-order valence-corrected chi connectivity index (χ1v) is 6.70. The lowest BCUT2D eigenvalue weighted by atomic mass is 10.1. The van der Waals surface area contributed by atoms with E-state index >= 15 is 0 Å². The molecule has 2 rings (SSSR count). The van der Waals surface area contributed by atoms with Crippen molar-refractivity contribution >= 4 is 5.82 Å². The molecule has 0 aliphatic carbocycles. The molecule has 0 aliphatic rings. The van der Waals surface area contributed by atoms with Crippen molar-refractivity contribution < 1.29 is 4.74 Å². The van der Waals surface area contributed by atoms with Gasteiger partial charge in [-0.25, -0.2) is 14.6 Å². The van der Waals surface area contributed by atoms with Crippen molar-refractivity contribution in [2.24, 2.45) is 0 Å². The molecule has 108 valence electrons. The van der Waals surface area contributed by atoms with Crippen LogP contribution in [0.15, 0.2) is 6.07 Å². The maximum absolute atomic E-state index is 5.12. The van der Waals surface area contributed by atoms with E-state index in [-0.39, 0.29) is 0 Å². The third-order valence-electron chi connectivity index (χ3n) is 3.30. The summed E-state index contributed by atoms with van der Waals surface area (Å²) in [4.78, 5) is 8.87. The normalized spacial score (nSPS) is 10.8. The van der Waals surface area contributed by atoms with Crippen LogP contribution >= 0.6 is 0 Å². The number of rotatable bonds is 5. The van der Waals surface area contributed by atoms with Gasteiger partial charge in [-0.05, 0) is 25.8 Å². The van der Waals surface area contributed by atoms with E-state index < -0.39 is 0 Å². The standard InChI is InChI=1S/C14H21N5O/c1-6-11-9(2)18-19(10(11)3)14-7-12(15-4)16-13(17-14)8-20-5/h7H,6,8H2,1-5H3,(H,15,16,17). The third-order valence-corrected chi connectivity index (χ3v) is 3.30. The fourth-order valence-corrected chi connectivity index (χ4v) is 2.32. The number of anilines is 1. The molecule has 1 N–H and O–H groups in total. The molecule has 0 amide bonds. The Hall–Kier alpha value is -1.95. The Labute approximate surface area is 119 Å². The van der Waals surface area contributed by atoms with Crippen molar-refractivity contribution in [1.29, 1.82) is 0 Å². The fraction of sp³-hybridized carbons (Fsp3) is 0.500. The topological polar surface area (TPSA) is 64.9 Å². The van der Waals surface area contributed by atoms with Crippen LogP contribution in [0.3, 0.4) is 0 Å². The molecule has 0 aromatic carbocycles. The lowest BCUT2D eigenvalue weighted by Crippen LogP contribution is -2.09. The Morgan fingerprint density at radius 2 is 2.05 bits per heavy atom. The molecule has 0 unspecified atom stereocenters. The lowest BCUT2D eigenvalue weighted by Gasteiger charge is -2.09. The zero-order chi connectivity index (χ0) is 14.7. The molecule has 0 saturated carbocycles. The second-order valence-electron chi connectivity index (χ2n) is 4.63. The predicted octanol–water partition coefficient (Wildman–Crippen LogP) is 2.03. The monoisotopic (exact) mass is 275 g/mol. The first-order chi connectivity index (χ1) is 9.60. The van der Waals surface area contributed by atoms with Crippen LogP contribution in [0.4, 0.5) is 5.82 Å². The largest absolute Gasteiger partial charge is 0.377 e. The zero-order valence-electron chi connectivity index (χ0n) is 12.7. The average Bonchev–Trinajstić information content (AvgIpc) is 2.73. The number of nitrogens with one attached hydrogen (secondary N) is 1.